The number of methoxy groups -OCH3 is 2. The van der Waals surface area contributed by atoms with Gasteiger partial charge in [-0.15, -0.1) is 0 Å². The largest absolute Gasteiger partial charge is 0.469 e. The van der Waals surface area contributed by atoms with Gasteiger partial charge in [0.05, 0.1) is 38.4 Å². The number of carbonyl (C=O) groups excluding carboxylic acids is 1. The van der Waals surface area contributed by atoms with Crippen LogP contribution in [0.5, 0.6) is 0 Å². The van der Waals surface area contributed by atoms with E-state index in [4.69, 9.17) is 14.2 Å². The van der Waals surface area contributed by atoms with Crippen LogP contribution >= 0.6 is 0 Å². The van der Waals surface area contributed by atoms with Crippen LogP contribution in [0.1, 0.15) is 19.8 Å². The van der Waals surface area contributed by atoms with E-state index in [1.807, 2.05) is 6.92 Å². The summed E-state index contributed by atoms with van der Waals surface area (Å²) in [6.45, 7) is 4.94. The molecule has 0 aliphatic carbocycles. The minimum Gasteiger partial charge on any atom is -0.469 e. The topological polar surface area (TPSA) is 68.2 Å². The molecule has 0 bridgehead atoms. The summed E-state index contributed by atoms with van der Waals surface area (Å²) in [4.78, 5) is 13.6. The molecule has 118 valence electrons. The van der Waals surface area contributed by atoms with Gasteiger partial charge in [-0.25, -0.2) is 0 Å². The maximum Gasteiger partial charge on any atom is 0.308 e. The number of aliphatic hydroxyl groups excluding tert-OH is 1. The van der Waals surface area contributed by atoms with E-state index in [1.54, 1.807) is 7.11 Å². The summed E-state index contributed by atoms with van der Waals surface area (Å²) >= 11 is 0. The summed E-state index contributed by atoms with van der Waals surface area (Å²) in [6.07, 6.45) is 1.06. The van der Waals surface area contributed by atoms with Gasteiger partial charge in [-0.3, -0.25) is 4.79 Å². The predicted octanol–water partition coefficient (Wildman–Crippen LogP) is 0.284. The third-order valence-electron chi connectivity index (χ3n) is 3.57. The van der Waals surface area contributed by atoms with Gasteiger partial charge in [0.1, 0.15) is 0 Å². The Hall–Kier alpha value is -0.690. The van der Waals surface area contributed by atoms with Gasteiger partial charge in [-0.05, 0) is 32.9 Å². The number of carbonyl (C=O) groups is 1. The van der Waals surface area contributed by atoms with Gasteiger partial charge in [0.15, 0.2) is 0 Å². The molecule has 6 heteroatoms. The van der Waals surface area contributed by atoms with Crippen molar-refractivity contribution in [3.63, 3.8) is 0 Å². The Balaban J connectivity index is 2.17. The first kappa shape index (κ1) is 17.4. The summed E-state index contributed by atoms with van der Waals surface area (Å²) in [5.74, 6) is -0.117. The number of β-amino-alcohol motifs (C(OH)–C–C–N with tert-alkyl or cyclic N) is 1. The fourth-order valence-corrected chi connectivity index (χ4v) is 2.43. The van der Waals surface area contributed by atoms with Crippen LogP contribution in [0.3, 0.4) is 0 Å². The number of hydrogen-bond acceptors (Lipinski definition) is 6. The lowest BCUT2D eigenvalue weighted by molar-refractivity contribution is -0.147. The molecule has 1 aliphatic rings. The van der Waals surface area contributed by atoms with Crippen molar-refractivity contribution in [1.29, 1.82) is 0 Å². The monoisotopic (exact) mass is 289 g/mol. The van der Waals surface area contributed by atoms with Gasteiger partial charge in [-0.1, -0.05) is 0 Å². The SMILES string of the molecule is COCC(C)OCC(O)CN1CCC(C(=O)OC)CC1. The fourth-order valence-electron chi connectivity index (χ4n) is 2.43. The molecule has 0 aromatic heterocycles. The van der Waals surface area contributed by atoms with Crippen molar-refractivity contribution in [2.45, 2.75) is 32.0 Å². The quantitative estimate of drug-likeness (QED) is 0.648. The molecule has 1 fully saturated rings. The summed E-state index contributed by atoms with van der Waals surface area (Å²) in [7, 11) is 3.05. The number of likely N-dealkylation sites (tertiary alicyclic amines) is 1. The van der Waals surface area contributed by atoms with E-state index in [1.165, 1.54) is 7.11 Å². The standard InChI is InChI=1S/C14H27NO5/c1-11(9-18-2)20-10-13(16)8-15-6-4-12(5-7-15)14(17)19-3/h11-13,16H,4-10H2,1-3H3. The molecule has 0 saturated carbocycles. The summed E-state index contributed by atoms with van der Waals surface area (Å²) in [6, 6.07) is 0. The number of piperidine rings is 1. The van der Waals surface area contributed by atoms with Crippen molar-refractivity contribution in [2.75, 3.05) is 47.1 Å². The van der Waals surface area contributed by atoms with E-state index in [9.17, 15) is 9.90 Å². The Labute approximate surface area is 121 Å². The highest BCUT2D eigenvalue weighted by molar-refractivity contribution is 5.72. The second kappa shape index (κ2) is 9.28. The molecule has 0 radical (unpaired) electrons. The first-order valence-electron chi connectivity index (χ1n) is 7.15. The van der Waals surface area contributed by atoms with Crippen molar-refractivity contribution in [3.05, 3.63) is 0 Å². The average Bonchev–Trinajstić information content (AvgIpc) is 2.45. The van der Waals surface area contributed by atoms with Crippen LogP contribution < -0.4 is 0 Å². The molecule has 1 N–H and O–H groups in total. The minimum absolute atomic E-state index is 0.00590. The molecular formula is C14H27NO5. The smallest absolute Gasteiger partial charge is 0.308 e. The van der Waals surface area contributed by atoms with Gasteiger partial charge in [0, 0.05) is 13.7 Å². The van der Waals surface area contributed by atoms with Crippen LogP contribution in [0.4, 0.5) is 0 Å². The number of hydrogen-bond donors (Lipinski definition) is 1. The van der Waals surface area contributed by atoms with E-state index in [0.717, 1.165) is 25.9 Å². The zero-order valence-electron chi connectivity index (χ0n) is 12.7. The Morgan fingerprint density at radius 1 is 1.30 bits per heavy atom. The molecule has 0 aromatic carbocycles. The molecular weight excluding hydrogens is 262 g/mol. The third kappa shape index (κ3) is 6.17. The normalized spacial score (nSPS) is 20.6. The van der Waals surface area contributed by atoms with Crippen molar-refractivity contribution < 1.29 is 24.1 Å². The average molecular weight is 289 g/mol. The molecule has 1 heterocycles. The highest BCUT2D eigenvalue weighted by Crippen LogP contribution is 2.18. The fraction of sp³-hybridized carbons (Fsp3) is 0.929. The van der Waals surface area contributed by atoms with Crippen molar-refractivity contribution in [3.8, 4) is 0 Å². The summed E-state index contributed by atoms with van der Waals surface area (Å²) in [5.41, 5.74) is 0. The Morgan fingerprint density at radius 3 is 2.50 bits per heavy atom. The highest BCUT2D eigenvalue weighted by atomic mass is 16.5. The lowest BCUT2D eigenvalue weighted by Crippen LogP contribution is -2.42. The van der Waals surface area contributed by atoms with Crippen LogP contribution in [-0.4, -0.2) is 75.3 Å². The maximum absolute atomic E-state index is 11.4. The molecule has 0 aromatic rings. The molecule has 2 atom stereocenters. The number of aliphatic hydroxyl groups is 1. The first-order valence-corrected chi connectivity index (χ1v) is 7.15. The van der Waals surface area contributed by atoms with Crippen molar-refractivity contribution in [1.82, 2.24) is 4.90 Å². The van der Waals surface area contributed by atoms with Crippen LogP contribution in [0.2, 0.25) is 0 Å². The maximum atomic E-state index is 11.4. The van der Waals surface area contributed by atoms with Crippen LogP contribution in [0.15, 0.2) is 0 Å². The number of esters is 1. The second-order valence-corrected chi connectivity index (χ2v) is 5.35. The molecule has 2 unspecified atom stereocenters. The minimum atomic E-state index is -0.510. The van der Waals surface area contributed by atoms with Gasteiger partial charge >= 0.3 is 5.97 Å². The molecule has 0 spiro atoms. The molecule has 0 amide bonds. The Kier molecular flexibility index (Phi) is 8.06. The predicted molar refractivity (Wildman–Crippen MR) is 74.5 cm³/mol. The van der Waals surface area contributed by atoms with Crippen LogP contribution in [0, 0.1) is 5.92 Å². The van der Waals surface area contributed by atoms with E-state index in [2.05, 4.69) is 4.90 Å². The van der Waals surface area contributed by atoms with Gasteiger partial charge in [0.25, 0.3) is 0 Å². The highest BCUT2D eigenvalue weighted by Gasteiger charge is 2.26. The van der Waals surface area contributed by atoms with Crippen LogP contribution in [-0.2, 0) is 19.0 Å². The number of ether oxygens (including phenoxy) is 3. The van der Waals surface area contributed by atoms with Crippen molar-refractivity contribution in [2.24, 2.45) is 5.92 Å². The molecule has 6 nitrogen and oxygen atoms in total. The second-order valence-electron chi connectivity index (χ2n) is 5.35. The zero-order chi connectivity index (χ0) is 15.0. The van der Waals surface area contributed by atoms with Gasteiger partial charge < -0.3 is 24.2 Å². The lowest BCUT2D eigenvalue weighted by Gasteiger charge is -2.32. The van der Waals surface area contributed by atoms with Crippen molar-refractivity contribution >= 4 is 5.97 Å². The molecule has 1 rings (SSSR count). The number of rotatable bonds is 8. The van der Waals surface area contributed by atoms with E-state index < -0.39 is 6.10 Å². The number of nitrogens with zero attached hydrogens (tertiary/aromatic N) is 1. The van der Waals surface area contributed by atoms with E-state index in [0.29, 0.717) is 19.8 Å². The Morgan fingerprint density at radius 2 is 1.95 bits per heavy atom. The third-order valence-corrected chi connectivity index (χ3v) is 3.57. The van der Waals surface area contributed by atoms with E-state index >= 15 is 0 Å². The van der Waals surface area contributed by atoms with Gasteiger partial charge in [0.2, 0.25) is 0 Å². The lowest BCUT2D eigenvalue weighted by atomic mass is 9.97. The molecule has 1 aliphatic heterocycles. The van der Waals surface area contributed by atoms with E-state index in [-0.39, 0.29) is 18.0 Å². The molecule has 20 heavy (non-hydrogen) atoms. The summed E-state index contributed by atoms with van der Waals surface area (Å²) < 4.78 is 15.2. The first-order chi connectivity index (χ1) is 9.56. The van der Waals surface area contributed by atoms with Crippen LogP contribution in [0.25, 0.3) is 0 Å². The summed E-state index contributed by atoms with van der Waals surface area (Å²) in [5, 5.41) is 9.94. The zero-order valence-corrected chi connectivity index (χ0v) is 12.7. The Bertz CT molecular complexity index is 279. The van der Waals surface area contributed by atoms with Gasteiger partial charge in [-0.2, -0.15) is 0 Å². The molecule has 1 saturated heterocycles.